The predicted octanol–water partition coefficient (Wildman–Crippen LogP) is 0.211. The van der Waals surface area contributed by atoms with Crippen LogP contribution >= 0.6 is 0 Å². The molecule has 1 amide bonds. The molecule has 0 radical (unpaired) electrons. The van der Waals surface area contributed by atoms with Gasteiger partial charge in [0.15, 0.2) is 0 Å². The van der Waals surface area contributed by atoms with Crippen molar-refractivity contribution in [2.24, 2.45) is 0 Å². The maximum atomic E-state index is 11.2. The van der Waals surface area contributed by atoms with Crippen LogP contribution in [0.25, 0.3) is 0 Å². The Balaban J connectivity index is 3.22. The van der Waals surface area contributed by atoms with Crippen molar-refractivity contribution in [2.75, 3.05) is 11.9 Å². The largest absolute Gasteiger partial charge is 0.711 e. The van der Waals surface area contributed by atoms with Crippen molar-refractivity contribution in [3.8, 4) is 0 Å². The minimum Gasteiger partial charge on any atom is -0.711 e. The Morgan fingerprint density at radius 3 is 2.67 bits per heavy atom. The van der Waals surface area contributed by atoms with E-state index < -0.39 is 4.92 Å². The summed E-state index contributed by atoms with van der Waals surface area (Å²) < 4.78 is 0.397. The number of rotatable bonds is 2. The van der Waals surface area contributed by atoms with Gasteiger partial charge in [0.25, 0.3) is 11.5 Å². The number of aromatic nitrogens is 1. The predicted molar refractivity (Wildman–Crippen MR) is 51.1 cm³/mol. The van der Waals surface area contributed by atoms with Crippen molar-refractivity contribution in [1.82, 2.24) is 0 Å². The van der Waals surface area contributed by atoms with Crippen LogP contribution in [0.5, 0.6) is 0 Å². The summed E-state index contributed by atoms with van der Waals surface area (Å²) in [7, 11) is 1.37. The molecule has 0 saturated carbocycles. The lowest BCUT2D eigenvalue weighted by Crippen LogP contribution is -2.38. The molecule has 1 heterocycles. The highest BCUT2D eigenvalue weighted by molar-refractivity contribution is 5.89. The van der Waals surface area contributed by atoms with Gasteiger partial charge in [-0.05, 0) is 0 Å². The number of nitrogens with zero attached hydrogens (tertiary/aromatic N) is 3. The average molecular weight is 211 g/mol. The molecule has 0 aliphatic carbocycles. The fourth-order valence-corrected chi connectivity index (χ4v) is 0.984. The Morgan fingerprint density at radius 2 is 2.20 bits per heavy atom. The number of carbonyl (C=O) groups excluding carboxylic acids is 1. The molecule has 0 aromatic carbocycles. The van der Waals surface area contributed by atoms with Crippen LogP contribution in [0, 0.1) is 15.3 Å². The summed E-state index contributed by atoms with van der Waals surface area (Å²) in [5, 5.41) is 21.7. The van der Waals surface area contributed by atoms with Crippen LogP contribution in [0.2, 0.25) is 0 Å². The second kappa shape index (κ2) is 3.91. The fraction of sp³-hybridized carbons (Fsp3) is 0.250. The monoisotopic (exact) mass is 211 g/mol. The molecule has 0 aliphatic rings. The number of amides is 1. The van der Waals surface area contributed by atoms with Gasteiger partial charge >= 0.3 is 5.91 Å². The second-order valence-corrected chi connectivity index (χ2v) is 2.90. The smallest absolute Gasteiger partial charge is 0.306 e. The summed E-state index contributed by atoms with van der Waals surface area (Å²) in [6, 6.07) is 2.12. The molecule has 0 N–H and O–H groups in total. The molecule has 7 heteroatoms. The summed E-state index contributed by atoms with van der Waals surface area (Å²) in [6.45, 7) is 1.26. The number of pyridine rings is 1. The molecule has 80 valence electrons. The van der Waals surface area contributed by atoms with Crippen LogP contribution in [0.1, 0.15) is 6.92 Å². The molecular weight excluding hydrogens is 202 g/mol. The molecule has 15 heavy (non-hydrogen) atoms. The lowest BCUT2D eigenvalue weighted by Gasteiger charge is -2.12. The van der Waals surface area contributed by atoms with Crippen molar-refractivity contribution >= 4 is 17.4 Å². The molecule has 0 fully saturated rings. The van der Waals surface area contributed by atoms with Gasteiger partial charge in [-0.25, -0.2) is 9.52 Å². The van der Waals surface area contributed by atoms with E-state index in [0.717, 1.165) is 23.2 Å². The molecular formula is C8H9N3O4. The minimum absolute atomic E-state index is 0.0725. The molecule has 7 nitrogen and oxygen atoms in total. The van der Waals surface area contributed by atoms with E-state index in [9.17, 15) is 20.1 Å². The second-order valence-electron chi connectivity index (χ2n) is 2.90. The molecule has 1 rings (SSSR count). The van der Waals surface area contributed by atoms with Crippen molar-refractivity contribution in [3.05, 3.63) is 33.7 Å². The number of hydrogen-bond acceptors (Lipinski definition) is 4. The molecule has 0 aliphatic heterocycles. The molecule has 0 bridgehead atoms. The van der Waals surface area contributed by atoms with Gasteiger partial charge in [-0.3, -0.25) is 10.1 Å². The molecule has 1 aromatic heterocycles. The van der Waals surface area contributed by atoms with Gasteiger partial charge in [-0.2, -0.15) is 4.90 Å². The SMILES string of the molecule is CC(=O)N(C)c1cc([N+](=O)[O-])cc[n+]1[O-]. The van der Waals surface area contributed by atoms with Gasteiger partial charge in [0, 0.05) is 6.92 Å². The van der Waals surface area contributed by atoms with Gasteiger partial charge in [0.2, 0.25) is 0 Å². The first kappa shape index (κ1) is 10.9. The Kier molecular flexibility index (Phi) is 2.84. The van der Waals surface area contributed by atoms with Crippen LogP contribution in [-0.4, -0.2) is 17.9 Å². The maximum Gasteiger partial charge on any atom is 0.306 e. The number of nitro groups is 1. The van der Waals surface area contributed by atoms with Crippen LogP contribution in [0.4, 0.5) is 11.5 Å². The minimum atomic E-state index is -0.628. The quantitative estimate of drug-likeness (QED) is 0.302. The zero-order valence-electron chi connectivity index (χ0n) is 8.21. The van der Waals surface area contributed by atoms with E-state index in [2.05, 4.69) is 0 Å². The lowest BCUT2D eigenvalue weighted by molar-refractivity contribution is -0.592. The van der Waals surface area contributed by atoms with Crippen LogP contribution < -0.4 is 9.63 Å². The Bertz CT molecular complexity index is 418. The molecule has 0 unspecified atom stereocenters. The van der Waals surface area contributed by atoms with Crippen molar-refractivity contribution in [3.63, 3.8) is 0 Å². The van der Waals surface area contributed by atoms with E-state index in [1.807, 2.05) is 0 Å². The number of hydrogen-bond donors (Lipinski definition) is 0. The first-order chi connectivity index (χ1) is 6.93. The molecule has 0 spiro atoms. The lowest BCUT2D eigenvalue weighted by atomic mass is 10.4. The standard InChI is InChI=1S/C8H9N3O4/c1-6(12)9(2)8-5-7(11(14)15)3-4-10(8)13/h3-5H,1-2H3. The summed E-state index contributed by atoms with van der Waals surface area (Å²) in [5.74, 6) is -0.447. The van der Waals surface area contributed by atoms with Gasteiger partial charge in [0.05, 0.1) is 18.0 Å². The molecule has 0 saturated heterocycles. The first-order valence-corrected chi connectivity index (χ1v) is 4.05. The Hall–Kier alpha value is -2.18. The topological polar surface area (TPSA) is 90.4 Å². The van der Waals surface area contributed by atoms with Crippen molar-refractivity contribution < 1.29 is 14.4 Å². The highest BCUT2D eigenvalue weighted by Gasteiger charge is 2.20. The van der Waals surface area contributed by atoms with Gasteiger partial charge in [-0.15, -0.1) is 0 Å². The fourth-order valence-electron chi connectivity index (χ4n) is 0.984. The van der Waals surface area contributed by atoms with Crippen LogP contribution in [-0.2, 0) is 4.79 Å². The highest BCUT2D eigenvalue weighted by Crippen LogP contribution is 2.15. The van der Waals surface area contributed by atoms with E-state index in [1.165, 1.54) is 14.0 Å². The zero-order chi connectivity index (χ0) is 11.6. The van der Waals surface area contributed by atoms with E-state index in [4.69, 9.17) is 0 Å². The summed E-state index contributed by atoms with van der Waals surface area (Å²) in [5.41, 5.74) is -0.231. The Morgan fingerprint density at radius 1 is 1.60 bits per heavy atom. The van der Waals surface area contributed by atoms with Crippen molar-refractivity contribution in [1.29, 1.82) is 0 Å². The van der Waals surface area contributed by atoms with E-state index >= 15 is 0 Å². The van der Waals surface area contributed by atoms with Crippen molar-refractivity contribution in [2.45, 2.75) is 6.92 Å². The third-order valence-electron chi connectivity index (χ3n) is 1.91. The molecule has 0 atom stereocenters. The van der Waals surface area contributed by atoms with E-state index in [-0.39, 0.29) is 17.4 Å². The highest BCUT2D eigenvalue weighted by atomic mass is 16.6. The first-order valence-electron chi connectivity index (χ1n) is 4.05. The molecule has 1 aromatic rings. The zero-order valence-corrected chi connectivity index (χ0v) is 8.21. The van der Waals surface area contributed by atoms with Crippen LogP contribution in [0.3, 0.4) is 0 Å². The number of anilines is 1. The normalized spacial score (nSPS) is 9.73. The number of carbonyl (C=O) groups is 1. The maximum absolute atomic E-state index is 11.2. The van der Waals surface area contributed by atoms with Gasteiger partial charge in [0.1, 0.15) is 12.3 Å². The van der Waals surface area contributed by atoms with Crippen LogP contribution in [0.15, 0.2) is 18.3 Å². The van der Waals surface area contributed by atoms with Gasteiger partial charge in [-0.1, -0.05) is 0 Å². The summed E-state index contributed by atoms with van der Waals surface area (Å²) in [6.07, 6.45) is 0.993. The summed E-state index contributed by atoms with van der Waals surface area (Å²) >= 11 is 0. The van der Waals surface area contributed by atoms with E-state index in [1.54, 1.807) is 0 Å². The van der Waals surface area contributed by atoms with Gasteiger partial charge < -0.3 is 5.21 Å². The third-order valence-corrected chi connectivity index (χ3v) is 1.91. The average Bonchev–Trinajstić information content (AvgIpc) is 2.16. The summed E-state index contributed by atoms with van der Waals surface area (Å²) in [4.78, 5) is 21.8. The van der Waals surface area contributed by atoms with E-state index in [0.29, 0.717) is 4.73 Å². The third kappa shape index (κ3) is 2.19. The Labute approximate surface area is 85.3 Å².